The van der Waals surface area contributed by atoms with Gasteiger partial charge in [0, 0.05) is 17.5 Å². The molecule has 4 heteroatoms. The predicted octanol–water partition coefficient (Wildman–Crippen LogP) is 2.35. The van der Waals surface area contributed by atoms with E-state index in [0.29, 0.717) is 6.54 Å². The molecule has 1 heterocycles. The minimum Gasteiger partial charge on any atom is -0.464 e. The van der Waals surface area contributed by atoms with Gasteiger partial charge < -0.3 is 4.42 Å². The molecule has 0 saturated carbocycles. The molecule has 0 fully saturated rings. The zero-order chi connectivity index (χ0) is 13.0. The Kier molecular flexibility index (Phi) is 3.75. The van der Waals surface area contributed by atoms with Crippen LogP contribution in [0.15, 0.2) is 34.9 Å². The number of nitriles is 1. The van der Waals surface area contributed by atoms with E-state index < -0.39 is 0 Å². The highest BCUT2D eigenvalue weighted by molar-refractivity contribution is 5.83. The van der Waals surface area contributed by atoms with Crippen LogP contribution in [0.5, 0.6) is 0 Å². The quantitative estimate of drug-likeness (QED) is 0.807. The molecule has 0 amide bonds. The molecular weight excluding hydrogens is 228 g/mol. The highest BCUT2D eigenvalue weighted by Gasteiger charge is 2.10. The van der Waals surface area contributed by atoms with Crippen LogP contribution >= 0.6 is 0 Å². The Labute approximate surface area is 105 Å². The van der Waals surface area contributed by atoms with Gasteiger partial charge in [0.2, 0.25) is 0 Å². The van der Waals surface area contributed by atoms with Crippen molar-refractivity contribution < 1.29 is 9.21 Å². The maximum atomic E-state index is 11.4. The van der Waals surface area contributed by atoms with Crippen LogP contribution in [0.3, 0.4) is 0 Å². The Morgan fingerprint density at radius 1 is 1.44 bits per heavy atom. The normalized spacial score (nSPS) is 10.7. The second kappa shape index (κ2) is 5.48. The molecule has 0 radical (unpaired) electrons. The number of carbonyl (C=O) groups excluding carboxylic acids is 1. The zero-order valence-electron chi connectivity index (χ0n) is 10.2. The van der Waals surface area contributed by atoms with Gasteiger partial charge in [-0.2, -0.15) is 5.26 Å². The van der Waals surface area contributed by atoms with Gasteiger partial charge in [0.15, 0.2) is 5.78 Å². The van der Waals surface area contributed by atoms with E-state index in [0.717, 1.165) is 16.5 Å². The highest BCUT2D eigenvalue weighted by atomic mass is 16.3. The van der Waals surface area contributed by atoms with Gasteiger partial charge in [0.05, 0.1) is 25.3 Å². The van der Waals surface area contributed by atoms with E-state index in [1.54, 1.807) is 6.26 Å². The third-order valence-electron chi connectivity index (χ3n) is 2.72. The number of hydrogen-bond acceptors (Lipinski definition) is 4. The fourth-order valence-electron chi connectivity index (χ4n) is 1.95. The smallest absolute Gasteiger partial charge is 0.160 e. The maximum absolute atomic E-state index is 11.4. The predicted molar refractivity (Wildman–Crippen MR) is 67.8 cm³/mol. The van der Waals surface area contributed by atoms with Crippen molar-refractivity contribution in [3.8, 4) is 6.07 Å². The van der Waals surface area contributed by atoms with E-state index in [-0.39, 0.29) is 18.7 Å². The molecule has 0 spiro atoms. The second-order valence-electron chi connectivity index (χ2n) is 4.30. The van der Waals surface area contributed by atoms with Crippen molar-refractivity contribution in [2.45, 2.75) is 13.0 Å². The number of furan rings is 1. The average molecular weight is 242 g/mol. The third-order valence-corrected chi connectivity index (χ3v) is 2.72. The van der Waals surface area contributed by atoms with Gasteiger partial charge in [-0.1, -0.05) is 18.2 Å². The number of ketones is 1. The topological polar surface area (TPSA) is 57.2 Å². The molecule has 2 rings (SSSR count). The van der Waals surface area contributed by atoms with Gasteiger partial charge in [0.1, 0.15) is 5.58 Å². The molecule has 0 bridgehead atoms. The summed E-state index contributed by atoms with van der Waals surface area (Å²) in [4.78, 5) is 13.2. The number of likely N-dealkylation sites (N-methyl/N-ethyl adjacent to an activating group) is 1. The van der Waals surface area contributed by atoms with Crippen LogP contribution in [0.25, 0.3) is 11.0 Å². The minimum absolute atomic E-state index is 0.0313. The van der Waals surface area contributed by atoms with Crippen molar-refractivity contribution in [1.82, 2.24) is 4.90 Å². The number of Topliss-reactive ketones (excluding diaryl/α,β-unsaturated/α-hetero) is 1. The van der Waals surface area contributed by atoms with E-state index in [1.807, 2.05) is 42.3 Å². The van der Waals surface area contributed by atoms with Crippen LogP contribution in [0.1, 0.15) is 12.0 Å². The summed E-state index contributed by atoms with van der Waals surface area (Å²) in [6.45, 7) is 0.918. The molecule has 0 atom stereocenters. The summed E-state index contributed by atoms with van der Waals surface area (Å²) < 4.78 is 5.44. The third kappa shape index (κ3) is 2.76. The second-order valence-corrected chi connectivity index (χ2v) is 4.30. The molecule has 0 aliphatic rings. The molecule has 18 heavy (non-hydrogen) atoms. The first-order valence-corrected chi connectivity index (χ1v) is 5.73. The summed E-state index contributed by atoms with van der Waals surface area (Å²) in [7, 11) is 1.86. The lowest BCUT2D eigenvalue weighted by Gasteiger charge is -2.13. The molecule has 0 N–H and O–H groups in total. The average Bonchev–Trinajstić information content (AvgIpc) is 2.73. The molecule has 1 aromatic carbocycles. The molecule has 0 aliphatic carbocycles. The first-order valence-electron chi connectivity index (χ1n) is 5.73. The Hall–Kier alpha value is -2.12. The maximum Gasteiger partial charge on any atom is 0.160 e. The van der Waals surface area contributed by atoms with Crippen molar-refractivity contribution in [2.75, 3.05) is 13.6 Å². The number of para-hydroxylation sites is 1. The van der Waals surface area contributed by atoms with Crippen LogP contribution in [-0.4, -0.2) is 24.3 Å². The Balaban J connectivity index is 2.05. The number of carbonyl (C=O) groups is 1. The van der Waals surface area contributed by atoms with Crippen molar-refractivity contribution in [3.05, 3.63) is 36.1 Å². The lowest BCUT2D eigenvalue weighted by Crippen LogP contribution is -2.25. The van der Waals surface area contributed by atoms with Crippen molar-refractivity contribution in [3.63, 3.8) is 0 Å². The minimum atomic E-state index is -0.0622. The fraction of sp³-hybridized carbons (Fsp3) is 0.286. The number of hydrogen-bond donors (Lipinski definition) is 0. The van der Waals surface area contributed by atoms with Gasteiger partial charge in [-0.25, -0.2) is 0 Å². The van der Waals surface area contributed by atoms with Crippen molar-refractivity contribution in [2.24, 2.45) is 0 Å². The van der Waals surface area contributed by atoms with Crippen LogP contribution in [-0.2, 0) is 11.3 Å². The van der Waals surface area contributed by atoms with Gasteiger partial charge >= 0.3 is 0 Å². The summed E-state index contributed by atoms with van der Waals surface area (Å²) in [5.74, 6) is -0.0622. The van der Waals surface area contributed by atoms with Crippen molar-refractivity contribution >= 4 is 16.8 Å². The molecule has 1 aromatic heterocycles. The molecule has 0 aliphatic heterocycles. The monoisotopic (exact) mass is 242 g/mol. The summed E-state index contributed by atoms with van der Waals surface area (Å²) >= 11 is 0. The first-order chi connectivity index (χ1) is 8.70. The van der Waals surface area contributed by atoms with Crippen LogP contribution in [0.4, 0.5) is 0 Å². The SMILES string of the molecule is CN(CC(=O)CC#N)Cc1coc2ccccc12. The summed E-state index contributed by atoms with van der Waals surface area (Å²) in [6.07, 6.45) is 1.69. The Morgan fingerprint density at radius 2 is 2.22 bits per heavy atom. The number of nitrogens with zero attached hydrogens (tertiary/aromatic N) is 2. The van der Waals surface area contributed by atoms with Gasteiger partial charge in [0.25, 0.3) is 0 Å². The molecular formula is C14H14N2O2. The molecule has 4 nitrogen and oxygen atoms in total. The summed E-state index contributed by atoms with van der Waals surface area (Å²) in [6, 6.07) is 9.67. The highest BCUT2D eigenvalue weighted by Crippen LogP contribution is 2.21. The number of rotatable bonds is 5. The van der Waals surface area contributed by atoms with Crippen molar-refractivity contribution in [1.29, 1.82) is 5.26 Å². The zero-order valence-corrected chi connectivity index (χ0v) is 10.2. The molecule has 0 unspecified atom stereocenters. The van der Waals surface area contributed by atoms with E-state index in [1.165, 1.54) is 0 Å². The molecule has 0 saturated heterocycles. The van der Waals surface area contributed by atoms with Gasteiger partial charge in [-0.3, -0.25) is 9.69 Å². The van der Waals surface area contributed by atoms with E-state index in [9.17, 15) is 4.79 Å². The van der Waals surface area contributed by atoms with E-state index >= 15 is 0 Å². The van der Waals surface area contributed by atoms with Crippen LogP contribution in [0.2, 0.25) is 0 Å². The largest absolute Gasteiger partial charge is 0.464 e. The van der Waals surface area contributed by atoms with Crippen LogP contribution in [0, 0.1) is 11.3 Å². The van der Waals surface area contributed by atoms with E-state index in [2.05, 4.69) is 0 Å². The van der Waals surface area contributed by atoms with Gasteiger partial charge in [-0.05, 0) is 13.1 Å². The molecule has 92 valence electrons. The summed E-state index contributed by atoms with van der Waals surface area (Å²) in [5, 5.41) is 9.51. The standard InChI is InChI=1S/C14H14N2O2/c1-16(9-12(17)6-7-15)8-11-10-18-14-5-3-2-4-13(11)14/h2-5,10H,6,8-9H2,1H3. The first kappa shape index (κ1) is 12.3. The van der Waals surface area contributed by atoms with E-state index in [4.69, 9.17) is 9.68 Å². The Morgan fingerprint density at radius 3 is 3.00 bits per heavy atom. The Bertz CT molecular complexity index is 595. The summed E-state index contributed by atoms with van der Waals surface area (Å²) in [5.41, 5.74) is 1.90. The lowest BCUT2D eigenvalue weighted by atomic mass is 10.1. The molecule has 2 aromatic rings. The van der Waals surface area contributed by atoms with Gasteiger partial charge in [-0.15, -0.1) is 0 Å². The van der Waals surface area contributed by atoms with Crippen LogP contribution < -0.4 is 0 Å². The number of fused-ring (bicyclic) bond motifs is 1. The lowest BCUT2D eigenvalue weighted by molar-refractivity contribution is -0.119. The fourth-order valence-corrected chi connectivity index (χ4v) is 1.95. The number of benzene rings is 1.